The third-order valence-corrected chi connectivity index (χ3v) is 3.98. The predicted octanol–water partition coefficient (Wildman–Crippen LogP) is 4.92. The molecule has 0 aliphatic heterocycles. The van der Waals surface area contributed by atoms with Crippen LogP contribution in [0.25, 0.3) is 0 Å². The Morgan fingerprint density at radius 3 is 2.39 bits per heavy atom. The van der Waals surface area contributed by atoms with Gasteiger partial charge in [-0.15, -0.1) is 0 Å². The summed E-state index contributed by atoms with van der Waals surface area (Å²) in [4.78, 5) is 14.2. The maximum atomic E-state index is 14.2. The van der Waals surface area contributed by atoms with E-state index in [0.717, 1.165) is 12.5 Å². The van der Waals surface area contributed by atoms with Crippen molar-refractivity contribution in [2.45, 2.75) is 52.6 Å². The van der Waals surface area contributed by atoms with Gasteiger partial charge in [0.15, 0.2) is 6.10 Å². The number of ether oxygens (including phenoxy) is 4. The van der Waals surface area contributed by atoms with Gasteiger partial charge in [0, 0.05) is 18.2 Å². The Kier molecular flexibility index (Phi) is 17.9. The first-order valence-corrected chi connectivity index (χ1v) is 10.9. The average Bonchev–Trinajstić information content (AvgIpc) is 2.73. The first kappa shape index (κ1) is 29.2. The molecule has 0 aromatic heterocycles. The van der Waals surface area contributed by atoms with E-state index in [1.165, 1.54) is 37.9 Å². The molecule has 1 unspecified atom stereocenters. The summed E-state index contributed by atoms with van der Waals surface area (Å²) < 4.78 is 46.6. The molecule has 0 radical (unpaired) electrons. The van der Waals surface area contributed by atoms with E-state index in [9.17, 15) is 13.6 Å². The topological polar surface area (TPSA) is 57.2 Å². The van der Waals surface area contributed by atoms with Gasteiger partial charge in [-0.2, -0.15) is 0 Å². The number of carbonyl (C=O) groups is 1. The molecule has 0 spiro atoms. The van der Waals surface area contributed by atoms with Crippen LogP contribution in [0, 0.1) is 5.82 Å². The van der Waals surface area contributed by atoms with E-state index < -0.39 is 24.6 Å². The molecule has 180 valence electrons. The number of rotatable bonds is 15. The number of halogens is 2. The second-order valence-corrected chi connectivity index (χ2v) is 7.06. The molecule has 0 aliphatic carbocycles. The Hall–Kier alpha value is -1.77. The molecule has 31 heavy (non-hydrogen) atoms. The van der Waals surface area contributed by atoms with Crippen LogP contribution in [0.2, 0.25) is 0 Å². The lowest BCUT2D eigenvalue weighted by Crippen LogP contribution is -2.21. The zero-order chi connectivity index (χ0) is 23.5. The Morgan fingerprint density at radius 2 is 1.84 bits per heavy atom. The molecule has 1 rings (SSSR count). The number of hydrogen-bond acceptors (Lipinski definition) is 6. The summed E-state index contributed by atoms with van der Waals surface area (Å²) >= 11 is 0. The summed E-state index contributed by atoms with van der Waals surface area (Å²) in [7, 11) is 4.24. The summed E-state index contributed by atoms with van der Waals surface area (Å²) in [6, 6.07) is 3.87. The number of carbonyl (C=O) groups excluding carboxylic acids is 1. The number of esters is 1. The lowest BCUT2D eigenvalue weighted by molar-refractivity contribution is -0.168. The van der Waals surface area contributed by atoms with Gasteiger partial charge >= 0.3 is 5.97 Å². The number of hydrogen-bond donors (Lipinski definition) is 0. The Balaban J connectivity index is 0.000000954. The second kappa shape index (κ2) is 19.0. The molecule has 1 aromatic carbocycles. The summed E-state index contributed by atoms with van der Waals surface area (Å²) in [5.41, 5.74) is 0.0103. The maximum Gasteiger partial charge on any atom is 0.340 e. The van der Waals surface area contributed by atoms with Crippen molar-refractivity contribution in [1.29, 1.82) is 0 Å². The summed E-state index contributed by atoms with van der Waals surface area (Å²) in [5, 5.41) is 0. The molecule has 0 amide bonds. The van der Waals surface area contributed by atoms with Crippen LogP contribution in [0.4, 0.5) is 8.78 Å². The van der Waals surface area contributed by atoms with Crippen LogP contribution in [-0.2, 0) is 19.0 Å². The minimum Gasteiger partial charge on any atom is -0.491 e. The van der Waals surface area contributed by atoms with Crippen LogP contribution < -0.4 is 4.74 Å². The largest absolute Gasteiger partial charge is 0.491 e. The Bertz CT molecular complexity index is 587. The fourth-order valence-corrected chi connectivity index (χ4v) is 2.47. The van der Waals surface area contributed by atoms with Crippen LogP contribution in [0.1, 0.15) is 58.1 Å². The highest BCUT2D eigenvalue weighted by Crippen LogP contribution is 2.26. The number of benzene rings is 1. The van der Waals surface area contributed by atoms with Crippen molar-refractivity contribution < 1.29 is 32.5 Å². The molecule has 0 N–H and O–H groups in total. The Morgan fingerprint density at radius 1 is 1.10 bits per heavy atom. The fraction of sp³-hybridized carbons (Fsp3) is 0.696. The van der Waals surface area contributed by atoms with Crippen molar-refractivity contribution in [1.82, 2.24) is 4.90 Å². The van der Waals surface area contributed by atoms with Gasteiger partial charge in [-0.1, -0.05) is 26.7 Å². The smallest absolute Gasteiger partial charge is 0.340 e. The normalized spacial score (nSPS) is 11.6. The molecular weight excluding hydrogens is 408 g/mol. The third kappa shape index (κ3) is 14.0. The van der Waals surface area contributed by atoms with Crippen LogP contribution in [0.15, 0.2) is 18.2 Å². The zero-order valence-electron chi connectivity index (χ0n) is 19.6. The predicted molar refractivity (Wildman–Crippen MR) is 118 cm³/mol. The SMILES string of the molecule is CCCCCN(C)C.CCCOCOC(C(=O)OCC)c1ccc(OCCF)cc1F. The van der Waals surface area contributed by atoms with Gasteiger partial charge in [-0.25, -0.2) is 13.6 Å². The molecule has 1 aromatic rings. The highest BCUT2D eigenvalue weighted by atomic mass is 19.1. The van der Waals surface area contributed by atoms with Gasteiger partial charge in [0.05, 0.1) is 6.61 Å². The van der Waals surface area contributed by atoms with Gasteiger partial charge in [-0.3, -0.25) is 0 Å². The van der Waals surface area contributed by atoms with Crippen LogP contribution in [0.3, 0.4) is 0 Å². The average molecular weight is 448 g/mol. The van der Waals surface area contributed by atoms with E-state index in [1.54, 1.807) is 6.92 Å². The van der Waals surface area contributed by atoms with E-state index in [-0.39, 0.29) is 31.3 Å². The lowest BCUT2D eigenvalue weighted by atomic mass is 10.1. The minimum absolute atomic E-state index is 0.0103. The monoisotopic (exact) mass is 447 g/mol. The van der Waals surface area contributed by atoms with Crippen molar-refractivity contribution >= 4 is 5.97 Å². The molecule has 1 atom stereocenters. The van der Waals surface area contributed by atoms with Gasteiger partial charge in [0.1, 0.15) is 31.6 Å². The maximum absolute atomic E-state index is 14.2. The van der Waals surface area contributed by atoms with Gasteiger partial charge in [-0.05, 0) is 52.5 Å². The number of unbranched alkanes of at least 4 members (excludes halogenated alkanes) is 2. The van der Waals surface area contributed by atoms with Crippen molar-refractivity contribution in [3.05, 3.63) is 29.6 Å². The van der Waals surface area contributed by atoms with Gasteiger partial charge < -0.3 is 23.8 Å². The van der Waals surface area contributed by atoms with E-state index >= 15 is 0 Å². The van der Waals surface area contributed by atoms with Crippen LogP contribution >= 0.6 is 0 Å². The number of nitrogens with zero attached hydrogens (tertiary/aromatic N) is 1. The van der Waals surface area contributed by atoms with Crippen molar-refractivity contribution in [3.8, 4) is 5.75 Å². The van der Waals surface area contributed by atoms with Crippen LogP contribution in [0.5, 0.6) is 5.75 Å². The van der Waals surface area contributed by atoms with Gasteiger partial charge in [0.25, 0.3) is 0 Å². The molecule has 0 saturated heterocycles. The van der Waals surface area contributed by atoms with Crippen molar-refractivity contribution in [2.24, 2.45) is 0 Å². The highest BCUT2D eigenvalue weighted by molar-refractivity contribution is 5.76. The molecule has 0 aliphatic rings. The van der Waals surface area contributed by atoms with Crippen molar-refractivity contribution in [3.63, 3.8) is 0 Å². The molecule has 6 nitrogen and oxygen atoms in total. The quantitative estimate of drug-likeness (QED) is 0.216. The Labute approximate surface area is 185 Å². The second-order valence-electron chi connectivity index (χ2n) is 7.06. The summed E-state index contributed by atoms with van der Waals surface area (Å²) in [5.74, 6) is -1.23. The van der Waals surface area contributed by atoms with E-state index in [1.807, 2.05) is 6.92 Å². The molecule has 0 heterocycles. The zero-order valence-corrected chi connectivity index (χ0v) is 19.6. The molecule has 0 fully saturated rings. The summed E-state index contributed by atoms with van der Waals surface area (Å²) in [6.07, 6.45) is 3.61. The minimum atomic E-state index is -1.23. The molecule has 0 bridgehead atoms. The van der Waals surface area contributed by atoms with E-state index in [2.05, 4.69) is 25.9 Å². The molecule has 0 saturated carbocycles. The van der Waals surface area contributed by atoms with E-state index in [4.69, 9.17) is 18.9 Å². The molecular formula is C23H39F2NO5. The first-order chi connectivity index (χ1) is 14.9. The van der Waals surface area contributed by atoms with Crippen molar-refractivity contribution in [2.75, 3.05) is 53.9 Å². The third-order valence-electron chi connectivity index (χ3n) is 3.98. The number of alkyl halides is 1. The van der Waals surface area contributed by atoms with Crippen LogP contribution in [-0.4, -0.2) is 64.8 Å². The van der Waals surface area contributed by atoms with Gasteiger partial charge in [0.2, 0.25) is 0 Å². The lowest BCUT2D eigenvalue weighted by Gasteiger charge is -2.18. The van der Waals surface area contributed by atoms with E-state index in [0.29, 0.717) is 6.61 Å². The summed E-state index contributed by atoms with van der Waals surface area (Å²) in [6.45, 7) is 6.67. The highest BCUT2D eigenvalue weighted by Gasteiger charge is 2.26. The first-order valence-electron chi connectivity index (χ1n) is 10.9. The molecule has 8 heteroatoms. The standard InChI is InChI=1S/C16H22F2O5.C7H17N/c1-3-8-20-11-23-15(16(19)21-4-2)13-6-5-12(10-14(13)18)22-9-7-17;1-4-5-6-7-8(2)3/h5-6,10,15H,3-4,7-9,11H2,1-2H3;4-7H2,1-3H3. The fourth-order valence-electron chi connectivity index (χ4n) is 2.47.